The molecule has 1 aromatic heterocycles. The van der Waals surface area contributed by atoms with Crippen LogP contribution in [0.2, 0.25) is 0 Å². The standard InChI is InChI=1S/C25H24N2O4S2.ClH/c1-18-8-10-20(11-9-18)33(30,31)27-24-13-12-21(32(28,29)19-6-4-3-5-7-19)16-22(24)23-17-26(2)15-14-25(23)27;/h3-13,16H,14-15,17H2,1-2H3;1H. The minimum absolute atomic E-state index is 0. The second-order valence-corrected chi connectivity index (χ2v) is 12.2. The number of aryl methyl sites for hydroxylation is 1. The summed E-state index contributed by atoms with van der Waals surface area (Å²) in [7, 11) is -5.60. The van der Waals surface area contributed by atoms with Gasteiger partial charge in [-0.2, -0.15) is 0 Å². The molecule has 9 heteroatoms. The number of hydrogen-bond donors (Lipinski definition) is 0. The Balaban J connectivity index is 0.00000274. The van der Waals surface area contributed by atoms with Gasteiger partial charge in [0.15, 0.2) is 0 Å². The number of halogens is 1. The Hall–Kier alpha value is -2.65. The monoisotopic (exact) mass is 516 g/mol. The summed E-state index contributed by atoms with van der Waals surface area (Å²) in [6.45, 7) is 3.19. The van der Waals surface area contributed by atoms with E-state index in [0.717, 1.165) is 23.4 Å². The lowest BCUT2D eigenvalue weighted by Gasteiger charge is -2.24. The molecule has 0 amide bonds. The van der Waals surface area contributed by atoms with Crippen molar-refractivity contribution in [1.29, 1.82) is 0 Å². The number of fused-ring (bicyclic) bond motifs is 3. The van der Waals surface area contributed by atoms with Gasteiger partial charge in [0.1, 0.15) is 0 Å². The molecule has 0 atom stereocenters. The number of rotatable bonds is 4. The summed E-state index contributed by atoms with van der Waals surface area (Å²) < 4.78 is 55.3. The molecular formula is C25H25ClN2O4S2. The van der Waals surface area contributed by atoms with Gasteiger partial charge in [-0.25, -0.2) is 20.8 Å². The minimum Gasteiger partial charge on any atom is -0.302 e. The predicted octanol–water partition coefficient (Wildman–Crippen LogP) is 4.43. The van der Waals surface area contributed by atoms with Gasteiger partial charge in [0, 0.05) is 30.6 Å². The van der Waals surface area contributed by atoms with Crippen molar-refractivity contribution in [3.63, 3.8) is 0 Å². The zero-order valence-corrected chi connectivity index (χ0v) is 21.3. The van der Waals surface area contributed by atoms with Gasteiger partial charge in [-0.05, 0) is 62.0 Å². The molecule has 1 aliphatic heterocycles. The van der Waals surface area contributed by atoms with Crippen molar-refractivity contribution in [3.8, 4) is 0 Å². The summed E-state index contributed by atoms with van der Waals surface area (Å²) in [5.41, 5.74) is 3.06. The SMILES string of the molecule is Cc1ccc(S(=O)(=O)n2c3c(c4cc(S(=O)(=O)c5ccccc5)ccc42)CN(C)CC3)cc1.Cl. The molecule has 0 saturated heterocycles. The zero-order valence-electron chi connectivity index (χ0n) is 18.8. The first-order valence-electron chi connectivity index (χ1n) is 10.7. The first kappa shape index (κ1) is 24.5. The Morgan fingerprint density at radius 2 is 1.44 bits per heavy atom. The van der Waals surface area contributed by atoms with Crippen molar-refractivity contribution >= 4 is 43.2 Å². The second-order valence-electron chi connectivity index (χ2n) is 8.49. The molecule has 2 heterocycles. The highest BCUT2D eigenvalue weighted by Crippen LogP contribution is 2.36. The largest absolute Gasteiger partial charge is 0.302 e. The maximum atomic E-state index is 13.7. The number of sulfone groups is 1. The molecule has 5 rings (SSSR count). The van der Waals surface area contributed by atoms with E-state index < -0.39 is 19.9 Å². The van der Waals surface area contributed by atoms with E-state index in [-0.39, 0.29) is 27.1 Å². The highest BCUT2D eigenvalue weighted by atomic mass is 35.5. The zero-order chi connectivity index (χ0) is 23.4. The first-order chi connectivity index (χ1) is 15.7. The predicted molar refractivity (Wildman–Crippen MR) is 135 cm³/mol. The van der Waals surface area contributed by atoms with Gasteiger partial charge in [0.2, 0.25) is 9.84 Å². The van der Waals surface area contributed by atoms with Gasteiger partial charge in [-0.3, -0.25) is 0 Å². The molecule has 34 heavy (non-hydrogen) atoms. The van der Waals surface area contributed by atoms with E-state index in [4.69, 9.17) is 0 Å². The molecule has 0 unspecified atom stereocenters. The minimum atomic E-state index is -3.85. The Kier molecular flexibility index (Phi) is 6.37. The summed E-state index contributed by atoms with van der Waals surface area (Å²) in [6.07, 6.45) is 0.562. The van der Waals surface area contributed by atoms with E-state index >= 15 is 0 Å². The van der Waals surface area contributed by atoms with Crippen LogP contribution in [-0.4, -0.2) is 39.3 Å². The summed E-state index contributed by atoms with van der Waals surface area (Å²) in [4.78, 5) is 2.69. The summed E-state index contributed by atoms with van der Waals surface area (Å²) in [6, 6.07) is 19.8. The third-order valence-electron chi connectivity index (χ3n) is 6.19. The smallest absolute Gasteiger partial charge is 0.268 e. The molecular weight excluding hydrogens is 492 g/mol. The number of aromatic nitrogens is 1. The van der Waals surface area contributed by atoms with Crippen LogP contribution >= 0.6 is 12.4 Å². The van der Waals surface area contributed by atoms with Crippen molar-refractivity contribution in [2.45, 2.75) is 34.6 Å². The van der Waals surface area contributed by atoms with Crippen molar-refractivity contribution in [2.24, 2.45) is 0 Å². The third-order valence-corrected chi connectivity index (χ3v) is 9.72. The van der Waals surface area contributed by atoms with Crippen LogP contribution in [0.25, 0.3) is 10.9 Å². The molecule has 0 saturated carbocycles. The Morgan fingerprint density at radius 3 is 2.12 bits per heavy atom. The van der Waals surface area contributed by atoms with E-state index in [9.17, 15) is 16.8 Å². The molecule has 6 nitrogen and oxygen atoms in total. The van der Waals surface area contributed by atoms with Crippen LogP contribution in [-0.2, 0) is 32.8 Å². The van der Waals surface area contributed by atoms with Crippen LogP contribution in [0.3, 0.4) is 0 Å². The molecule has 178 valence electrons. The molecule has 0 fully saturated rings. The van der Waals surface area contributed by atoms with E-state index in [1.54, 1.807) is 66.7 Å². The van der Waals surface area contributed by atoms with Gasteiger partial charge >= 0.3 is 0 Å². The average Bonchev–Trinajstić information content (AvgIpc) is 3.13. The fourth-order valence-corrected chi connectivity index (χ4v) is 7.33. The summed E-state index contributed by atoms with van der Waals surface area (Å²) in [5.74, 6) is 0. The lowest BCUT2D eigenvalue weighted by Crippen LogP contribution is -2.28. The van der Waals surface area contributed by atoms with Gasteiger partial charge in [-0.15, -0.1) is 12.4 Å². The number of benzene rings is 3. The number of hydrogen-bond acceptors (Lipinski definition) is 5. The van der Waals surface area contributed by atoms with Crippen LogP contribution in [0.4, 0.5) is 0 Å². The molecule has 3 aromatic carbocycles. The van der Waals surface area contributed by atoms with Crippen LogP contribution in [0, 0.1) is 6.92 Å². The number of nitrogens with zero attached hydrogens (tertiary/aromatic N) is 2. The lowest BCUT2D eigenvalue weighted by atomic mass is 10.1. The molecule has 4 aromatic rings. The fraction of sp³-hybridized carbons (Fsp3) is 0.200. The Labute approximate surface area is 206 Å². The first-order valence-corrected chi connectivity index (χ1v) is 13.6. The molecule has 0 N–H and O–H groups in total. The Bertz CT molecular complexity index is 1580. The summed E-state index contributed by atoms with van der Waals surface area (Å²) >= 11 is 0. The normalized spacial score (nSPS) is 14.5. The van der Waals surface area contributed by atoms with Crippen molar-refractivity contribution in [3.05, 3.63) is 89.6 Å². The second kappa shape index (κ2) is 8.85. The van der Waals surface area contributed by atoms with E-state index in [1.165, 1.54) is 10.0 Å². The fourth-order valence-electron chi connectivity index (χ4n) is 4.43. The van der Waals surface area contributed by atoms with Crippen LogP contribution < -0.4 is 0 Å². The van der Waals surface area contributed by atoms with Crippen LogP contribution in [0.5, 0.6) is 0 Å². The van der Waals surface area contributed by atoms with Gasteiger partial charge in [0.25, 0.3) is 10.0 Å². The van der Waals surface area contributed by atoms with Gasteiger partial charge in [-0.1, -0.05) is 35.9 Å². The van der Waals surface area contributed by atoms with Crippen molar-refractivity contribution in [1.82, 2.24) is 8.87 Å². The van der Waals surface area contributed by atoms with Crippen molar-refractivity contribution < 1.29 is 16.8 Å². The van der Waals surface area contributed by atoms with Crippen molar-refractivity contribution in [2.75, 3.05) is 13.6 Å². The van der Waals surface area contributed by atoms with E-state index in [0.29, 0.717) is 23.9 Å². The molecule has 0 radical (unpaired) electrons. The van der Waals surface area contributed by atoms with Gasteiger partial charge < -0.3 is 4.90 Å². The lowest BCUT2D eigenvalue weighted by molar-refractivity contribution is 0.312. The molecule has 0 aliphatic carbocycles. The summed E-state index contributed by atoms with van der Waals surface area (Å²) in [5, 5.41) is 0.657. The molecule has 0 spiro atoms. The van der Waals surface area contributed by atoms with Crippen LogP contribution in [0.15, 0.2) is 87.5 Å². The van der Waals surface area contributed by atoms with E-state index in [2.05, 4.69) is 4.90 Å². The highest BCUT2D eigenvalue weighted by Gasteiger charge is 2.30. The highest BCUT2D eigenvalue weighted by molar-refractivity contribution is 7.91. The van der Waals surface area contributed by atoms with Crippen LogP contribution in [0.1, 0.15) is 16.8 Å². The number of likely N-dealkylation sites (N-methyl/N-ethyl adjacent to an activating group) is 1. The maximum absolute atomic E-state index is 13.7. The average molecular weight is 517 g/mol. The van der Waals surface area contributed by atoms with Gasteiger partial charge in [0.05, 0.1) is 20.2 Å². The topological polar surface area (TPSA) is 76.5 Å². The molecule has 0 bridgehead atoms. The maximum Gasteiger partial charge on any atom is 0.268 e. The quantitative estimate of drug-likeness (QED) is 0.401. The van der Waals surface area contributed by atoms with E-state index in [1.807, 2.05) is 14.0 Å². The molecule has 1 aliphatic rings. The third kappa shape index (κ3) is 3.94. The Morgan fingerprint density at radius 1 is 0.794 bits per heavy atom.